The molecule has 2 heterocycles. The van der Waals surface area contributed by atoms with Gasteiger partial charge in [0.2, 0.25) is 0 Å². The second kappa shape index (κ2) is 3.70. The quantitative estimate of drug-likeness (QED) is 0.842. The highest BCUT2D eigenvalue weighted by Crippen LogP contribution is 2.45. The molecule has 0 spiro atoms. The molecule has 1 aromatic heterocycles. The van der Waals surface area contributed by atoms with Gasteiger partial charge in [0.05, 0.1) is 10.3 Å². The summed E-state index contributed by atoms with van der Waals surface area (Å²) in [7, 11) is 0. The summed E-state index contributed by atoms with van der Waals surface area (Å²) in [6, 6.07) is 2.66. The van der Waals surface area contributed by atoms with Crippen molar-refractivity contribution in [2.45, 2.75) is 24.5 Å². The minimum Gasteiger partial charge on any atom is -0.341 e. The molecule has 2 nitrogen and oxygen atoms in total. The van der Waals surface area contributed by atoms with E-state index in [1.807, 2.05) is 11.8 Å². The van der Waals surface area contributed by atoms with Gasteiger partial charge in [0, 0.05) is 0 Å². The molecule has 1 N–H and O–H groups in total. The van der Waals surface area contributed by atoms with Gasteiger partial charge in [-0.15, -0.1) is 11.8 Å². The Bertz CT molecular complexity index is 573. The van der Waals surface area contributed by atoms with E-state index in [0.717, 1.165) is 30.5 Å². The molecule has 0 aliphatic carbocycles. The third kappa shape index (κ3) is 1.64. The van der Waals surface area contributed by atoms with E-state index in [1.54, 1.807) is 0 Å². The summed E-state index contributed by atoms with van der Waals surface area (Å²) in [5.41, 5.74) is 0.668. The van der Waals surface area contributed by atoms with Crippen molar-refractivity contribution in [3.05, 3.63) is 29.6 Å². The van der Waals surface area contributed by atoms with Crippen molar-refractivity contribution in [2.75, 3.05) is 5.75 Å². The van der Waals surface area contributed by atoms with Crippen LogP contribution in [0.4, 0.5) is 8.78 Å². The number of aromatic amines is 1. The Labute approximate surface area is 102 Å². The van der Waals surface area contributed by atoms with Crippen molar-refractivity contribution in [3.8, 4) is 0 Å². The lowest BCUT2D eigenvalue weighted by Gasteiger charge is -2.18. The summed E-state index contributed by atoms with van der Waals surface area (Å²) < 4.78 is 26.6. The highest BCUT2D eigenvalue weighted by Gasteiger charge is 2.34. The van der Waals surface area contributed by atoms with Gasteiger partial charge in [-0.2, -0.15) is 0 Å². The Morgan fingerprint density at radius 3 is 2.94 bits per heavy atom. The maximum atomic E-state index is 13.6. The maximum absolute atomic E-state index is 13.6. The Morgan fingerprint density at radius 2 is 2.24 bits per heavy atom. The van der Waals surface area contributed by atoms with E-state index in [9.17, 15) is 8.78 Å². The van der Waals surface area contributed by atoms with E-state index in [1.165, 1.54) is 6.07 Å². The zero-order valence-corrected chi connectivity index (χ0v) is 10.2. The zero-order valence-electron chi connectivity index (χ0n) is 9.39. The maximum Gasteiger partial charge on any atom is 0.186 e. The van der Waals surface area contributed by atoms with Crippen LogP contribution in [0.15, 0.2) is 12.1 Å². The van der Waals surface area contributed by atoms with Crippen molar-refractivity contribution in [2.24, 2.45) is 0 Å². The lowest BCUT2D eigenvalue weighted by Crippen LogP contribution is -2.14. The van der Waals surface area contributed by atoms with Crippen LogP contribution in [0.3, 0.4) is 0 Å². The van der Waals surface area contributed by atoms with Gasteiger partial charge >= 0.3 is 0 Å². The van der Waals surface area contributed by atoms with Crippen LogP contribution in [0.25, 0.3) is 11.0 Å². The SMILES string of the molecule is CC1(c2nc3c(F)c(F)ccc3[nH]2)CCCS1. The number of benzene rings is 1. The molecule has 1 unspecified atom stereocenters. The van der Waals surface area contributed by atoms with Gasteiger partial charge in [0.1, 0.15) is 11.3 Å². The molecular weight excluding hydrogens is 242 g/mol. The first-order valence-corrected chi connectivity index (χ1v) is 6.57. The number of halogens is 2. The van der Waals surface area contributed by atoms with Gasteiger partial charge < -0.3 is 4.98 Å². The van der Waals surface area contributed by atoms with E-state index in [2.05, 4.69) is 16.9 Å². The Balaban J connectivity index is 2.17. The van der Waals surface area contributed by atoms with Crippen LogP contribution in [0, 0.1) is 11.6 Å². The van der Waals surface area contributed by atoms with Gasteiger partial charge in [-0.1, -0.05) is 0 Å². The number of H-pyrrole nitrogens is 1. The lowest BCUT2D eigenvalue weighted by molar-refractivity contribution is 0.515. The number of rotatable bonds is 1. The number of nitrogens with one attached hydrogen (secondary N) is 1. The summed E-state index contributed by atoms with van der Waals surface area (Å²) in [5, 5.41) is 0. The van der Waals surface area contributed by atoms with Gasteiger partial charge in [0.15, 0.2) is 11.6 Å². The van der Waals surface area contributed by atoms with Crippen LogP contribution in [0.2, 0.25) is 0 Å². The fraction of sp³-hybridized carbons (Fsp3) is 0.417. The number of aromatic nitrogens is 2. The molecule has 1 aromatic carbocycles. The number of hydrogen-bond acceptors (Lipinski definition) is 2. The molecule has 0 amide bonds. The predicted octanol–water partition coefficient (Wildman–Crippen LogP) is 3.58. The molecule has 0 saturated carbocycles. The molecule has 1 fully saturated rings. The second-order valence-electron chi connectivity index (χ2n) is 4.53. The number of nitrogens with zero attached hydrogens (tertiary/aromatic N) is 1. The van der Waals surface area contributed by atoms with Crippen LogP contribution in [0.5, 0.6) is 0 Å². The molecule has 0 radical (unpaired) electrons. The highest BCUT2D eigenvalue weighted by molar-refractivity contribution is 8.00. The van der Waals surface area contributed by atoms with Crippen LogP contribution in [-0.2, 0) is 4.75 Å². The van der Waals surface area contributed by atoms with Crippen molar-refractivity contribution in [1.82, 2.24) is 9.97 Å². The van der Waals surface area contributed by atoms with E-state index >= 15 is 0 Å². The van der Waals surface area contributed by atoms with E-state index in [-0.39, 0.29) is 10.3 Å². The zero-order chi connectivity index (χ0) is 12.0. The smallest absolute Gasteiger partial charge is 0.186 e. The normalized spacial score (nSPS) is 24.6. The minimum absolute atomic E-state index is 0.0953. The largest absolute Gasteiger partial charge is 0.341 e. The summed E-state index contributed by atoms with van der Waals surface area (Å²) in [6.07, 6.45) is 2.15. The number of hydrogen-bond donors (Lipinski definition) is 1. The molecule has 1 atom stereocenters. The second-order valence-corrected chi connectivity index (χ2v) is 6.12. The average Bonchev–Trinajstić information content (AvgIpc) is 2.91. The van der Waals surface area contributed by atoms with Gasteiger partial charge in [-0.25, -0.2) is 13.8 Å². The third-order valence-electron chi connectivity index (χ3n) is 3.27. The third-order valence-corrected chi connectivity index (χ3v) is 4.79. The molecule has 5 heteroatoms. The van der Waals surface area contributed by atoms with Crippen molar-refractivity contribution in [3.63, 3.8) is 0 Å². The van der Waals surface area contributed by atoms with Crippen LogP contribution in [0.1, 0.15) is 25.6 Å². The fourth-order valence-corrected chi connectivity index (χ4v) is 3.50. The summed E-state index contributed by atoms with van der Waals surface area (Å²) in [5.74, 6) is 0.126. The molecule has 0 bridgehead atoms. The van der Waals surface area contributed by atoms with E-state index in [0.29, 0.717) is 5.52 Å². The number of thioether (sulfide) groups is 1. The monoisotopic (exact) mass is 254 g/mol. The molecular formula is C12H12F2N2S. The molecule has 3 rings (SSSR count). The van der Waals surface area contributed by atoms with E-state index < -0.39 is 11.6 Å². The Kier molecular flexibility index (Phi) is 2.40. The fourth-order valence-electron chi connectivity index (χ4n) is 2.23. The van der Waals surface area contributed by atoms with Crippen LogP contribution in [-0.4, -0.2) is 15.7 Å². The standard InChI is InChI=1S/C12H12F2N2S/c1-12(5-2-6-17-12)11-15-8-4-3-7(13)9(14)10(8)16-11/h3-4H,2,5-6H2,1H3,(H,15,16). The first-order valence-electron chi connectivity index (χ1n) is 5.58. The Morgan fingerprint density at radius 1 is 1.41 bits per heavy atom. The van der Waals surface area contributed by atoms with E-state index in [4.69, 9.17) is 0 Å². The van der Waals surface area contributed by atoms with Crippen LogP contribution < -0.4 is 0 Å². The average molecular weight is 254 g/mol. The number of imidazole rings is 1. The molecule has 1 aliphatic rings. The topological polar surface area (TPSA) is 28.7 Å². The molecule has 17 heavy (non-hydrogen) atoms. The molecule has 2 aromatic rings. The number of fused-ring (bicyclic) bond motifs is 1. The van der Waals surface area contributed by atoms with Gasteiger partial charge in [0.25, 0.3) is 0 Å². The predicted molar refractivity (Wildman–Crippen MR) is 65.1 cm³/mol. The molecule has 1 saturated heterocycles. The lowest BCUT2D eigenvalue weighted by atomic mass is 10.1. The van der Waals surface area contributed by atoms with Crippen LogP contribution >= 0.6 is 11.8 Å². The Hall–Kier alpha value is -1.10. The first kappa shape index (κ1) is 11.0. The summed E-state index contributed by atoms with van der Waals surface area (Å²) >= 11 is 1.81. The summed E-state index contributed by atoms with van der Waals surface area (Å²) in [4.78, 5) is 7.34. The van der Waals surface area contributed by atoms with Crippen molar-refractivity contribution < 1.29 is 8.78 Å². The molecule has 90 valence electrons. The first-order chi connectivity index (χ1) is 8.10. The van der Waals surface area contributed by atoms with Gasteiger partial charge in [-0.3, -0.25) is 0 Å². The van der Waals surface area contributed by atoms with Crippen molar-refractivity contribution >= 4 is 22.8 Å². The van der Waals surface area contributed by atoms with Gasteiger partial charge in [-0.05, 0) is 37.7 Å². The molecule has 1 aliphatic heterocycles. The summed E-state index contributed by atoms with van der Waals surface area (Å²) in [6.45, 7) is 2.09. The highest BCUT2D eigenvalue weighted by atomic mass is 32.2. The minimum atomic E-state index is -0.864. The van der Waals surface area contributed by atoms with Crippen molar-refractivity contribution in [1.29, 1.82) is 0 Å².